The molecule has 0 rings (SSSR count). The molecule has 0 aromatic rings. The van der Waals surface area contributed by atoms with E-state index in [0.717, 1.165) is 0 Å². The fourth-order valence-electron chi connectivity index (χ4n) is 0. The second kappa shape index (κ2) is 4.46. The predicted molar refractivity (Wildman–Crippen MR) is 29.2 cm³/mol. The zero-order valence-electron chi connectivity index (χ0n) is 5.58. The maximum absolute atomic E-state index is 2.35. The first-order valence-electron chi connectivity index (χ1n) is 2.31. The van der Waals surface area contributed by atoms with Crippen LogP contribution in [-0.4, -0.2) is 13.1 Å². The Labute approximate surface area is 102 Å². The fourth-order valence-corrected chi connectivity index (χ4v) is 0. The SMILES string of the molecule is [CH3][Al-]([CH3])([CH3])[CH3].[Cs+]. The Hall–Kier alpha value is 2.58. The van der Waals surface area contributed by atoms with E-state index in [1.54, 1.807) is 0 Å². The van der Waals surface area contributed by atoms with E-state index < -0.39 is 13.1 Å². The van der Waals surface area contributed by atoms with Gasteiger partial charge < -0.3 is 0 Å². The van der Waals surface area contributed by atoms with Gasteiger partial charge in [0.15, 0.2) is 0 Å². The van der Waals surface area contributed by atoms with Crippen molar-refractivity contribution in [2.75, 3.05) is 0 Å². The van der Waals surface area contributed by atoms with Gasteiger partial charge in [-0.1, -0.05) is 0 Å². The van der Waals surface area contributed by atoms with Gasteiger partial charge in [-0.2, -0.15) is 0 Å². The molecule has 0 saturated heterocycles. The van der Waals surface area contributed by atoms with Crippen LogP contribution >= 0.6 is 0 Å². The molecule has 0 aliphatic rings. The fraction of sp³-hybridized carbons (Fsp3) is 1.00. The minimum atomic E-state index is -0.833. The van der Waals surface area contributed by atoms with Crippen LogP contribution < -0.4 is 68.9 Å². The molecule has 0 amide bonds. The van der Waals surface area contributed by atoms with E-state index in [0.29, 0.717) is 0 Å². The van der Waals surface area contributed by atoms with Gasteiger partial charge in [0.25, 0.3) is 0 Å². The first-order chi connectivity index (χ1) is 2.00. The Morgan fingerprint density at radius 3 is 0.833 bits per heavy atom. The van der Waals surface area contributed by atoms with Crippen LogP contribution in [0.5, 0.6) is 0 Å². The Morgan fingerprint density at radius 1 is 0.833 bits per heavy atom. The number of hydrogen-bond donors (Lipinski definition) is 0. The standard InChI is InChI=1S/4CH3.Al.Cs/h4*1H3;;/q;;;;-1;+1. The number of rotatable bonds is 0. The summed E-state index contributed by atoms with van der Waals surface area (Å²) in [7, 11) is 0. The molecule has 32 valence electrons. The third kappa shape index (κ3) is 30.7. The quantitative estimate of drug-likeness (QED) is 0.457. The molecule has 0 heterocycles. The summed E-state index contributed by atoms with van der Waals surface area (Å²) < 4.78 is 0. The van der Waals surface area contributed by atoms with Gasteiger partial charge in [0.2, 0.25) is 0 Å². The predicted octanol–water partition coefficient (Wildman–Crippen LogP) is -1.04. The third-order valence-corrected chi connectivity index (χ3v) is 0. The van der Waals surface area contributed by atoms with Crippen molar-refractivity contribution in [2.24, 2.45) is 0 Å². The Balaban J connectivity index is 0. The Kier molecular flexibility index (Phi) is 8.47. The van der Waals surface area contributed by atoms with Gasteiger partial charge in [0, 0.05) is 0 Å². The summed E-state index contributed by atoms with van der Waals surface area (Å²) in [6.07, 6.45) is 0. The van der Waals surface area contributed by atoms with Crippen LogP contribution in [0, 0.1) is 0 Å². The third-order valence-electron chi connectivity index (χ3n) is 0. The van der Waals surface area contributed by atoms with Crippen molar-refractivity contribution < 1.29 is 68.9 Å². The minimum absolute atomic E-state index is 0. The van der Waals surface area contributed by atoms with Gasteiger partial charge in [0.05, 0.1) is 0 Å². The number of hydrogen-bond acceptors (Lipinski definition) is 0. The topological polar surface area (TPSA) is 0 Å². The second-order valence-corrected chi connectivity index (χ2v) is 10.4. The summed E-state index contributed by atoms with van der Waals surface area (Å²) in [5.74, 6) is 9.42. The zero-order valence-corrected chi connectivity index (χ0v) is 13.0. The molecule has 0 spiro atoms. The van der Waals surface area contributed by atoms with E-state index >= 15 is 0 Å². The van der Waals surface area contributed by atoms with Gasteiger partial charge in [0.1, 0.15) is 13.1 Å². The molecule has 0 bridgehead atoms. The van der Waals surface area contributed by atoms with Crippen molar-refractivity contribution >= 4 is 13.1 Å². The summed E-state index contributed by atoms with van der Waals surface area (Å²) in [5.41, 5.74) is 0. The smallest absolute Gasteiger partial charge is 0.204 e. The largest absolute Gasteiger partial charge is 1.00 e. The average Bonchev–Trinajstić information content (AvgIpc) is 0.722. The molecular weight excluding hydrogens is 208 g/mol. The van der Waals surface area contributed by atoms with Crippen molar-refractivity contribution in [3.05, 3.63) is 0 Å². The summed E-state index contributed by atoms with van der Waals surface area (Å²) >= 11 is -0.833. The first-order valence-corrected chi connectivity index (χ1v) is 6.93. The summed E-state index contributed by atoms with van der Waals surface area (Å²) in [6, 6.07) is 0. The Bertz CT molecular complexity index is 23.0. The normalized spacial score (nSPS) is 10.0. The van der Waals surface area contributed by atoms with E-state index in [9.17, 15) is 0 Å². The Morgan fingerprint density at radius 2 is 0.833 bits per heavy atom. The molecular formula is C4H12AlCs. The molecule has 0 radical (unpaired) electrons. The van der Waals surface area contributed by atoms with Gasteiger partial charge in [-0.15, -0.1) is 0 Å². The van der Waals surface area contributed by atoms with Crippen molar-refractivity contribution in [2.45, 2.75) is 23.1 Å². The molecule has 0 aliphatic carbocycles. The monoisotopic (exact) mass is 220 g/mol. The molecule has 0 aromatic heterocycles. The molecule has 0 nitrogen and oxygen atoms in total. The van der Waals surface area contributed by atoms with Crippen LogP contribution in [0.2, 0.25) is 23.1 Å². The molecule has 0 N–H and O–H groups in total. The molecule has 0 aliphatic heterocycles. The summed E-state index contributed by atoms with van der Waals surface area (Å²) in [4.78, 5) is 0. The van der Waals surface area contributed by atoms with Crippen LogP contribution in [0.15, 0.2) is 0 Å². The van der Waals surface area contributed by atoms with Crippen LogP contribution in [0.25, 0.3) is 0 Å². The maximum Gasteiger partial charge on any atom is 1.00 e. The van der Waals surface area contributed by atoms with Crippen LogP contribution in [0.4, 0.5) is 0 Å². The van der Waals surface area contributed by atoms with Crippen molar-refractivity contribution in [3.63, 3.8) is 0 Å². The molecule has 6 heavy (non-hydrogen) atoms. The van der Waals surface area contributed by atoms with Gasteiger partial charge in [-0.05, 0) is 0 Å². The molecule has 0 unspecified atom stereocenters. The molecule has 0 fully saturated rings. The average molecular weight is 220 g/mol. The van der Waals surface area contributed by atoms with E-state index in [2.05, 4.69) is 23.1 Å². The van der Waals surface area contributed by atoms with Gasteiger partial charge >= 0.3 is 68.9 Å². The van der Waals surface area contributed by atoms with Gasteiger partial charge in [-0.3, -0.25) is 0 Å². The van der Waals surface area contributed by atoms with Crippen LogP contribution in [0.1, 0.15) is 0 Å². The van der Waals surface area contributed by atoms with Crippen molar-refractivity contribution in [1.29, 1.82) is 0 Å². The van der Waals surface area contributed by atoms with E-state index in [-0.39, 0.29) is 68.9 Å². The minimum Gasteiger partial charge on any atom is -0.204 e. The van der Waals surface area contributed by atoms with E-state index in [1.807, 2.05) is 0 Å². The van der Waals surface area contributed by atoms with Crippen molar-refractivity contribution in [3.8, 4) is 0 Å². The maximum atomic E-state index is 2.35. The molecule has 0 atom stereocenters. The van der Waals surface area contributed by atoms with Crippen molar-refractivity contribution in [1.82, 2.24) is 0 Å². The summed E-state index contributed by atoms with van der Waals surface area (Å²) in [5, 5.41) is 0. The molecule has 0 aromatic carbocycles. The second-order valence-electron chi connectivity index (χ2n) is 3.46. The van der Waals surface area contributed by atoms with Gasteiger partial charge in [-0.25, -0.2) is 23.1 Å². The summed E-state index contributed by atoms with van der Waals surface area (Å²) in [6.45, 7) is 0. The van der Waals surface area contributed by atoms with E-state index in [1.165, 1.54) is 0 Å². The first kappa shape index (κ1) is 11.4. The van der Waals surface area contributed by atoms with Crippen LogP contribution in [0.3, 0.4) is 0 Å². The van der Waals surface area contributed by atoms with Crippen LogP contribution in [-0.2, 0) is 0 Å². The van der Waals surface area contributed by atoms with E-state index in [4.69, 9.17) is 0 Å². The molecule has 2 heteroatoms. The molecule has 0 saturated carbocycles. The zero-order chi connectivity index (χ0) is 4.50.